The first kappa shape index (κ1) is 12.8. The molecule has 1 N–H and O–H groups in total. The van der Waals surface area contributed by atoms with Crippen molar-refractivity contribution in [3.05, 3.63) is 23.8 Å². The summed E-state index contributed by atoms with van der Waals surface area (Å²) >= 11 is 2.01. The number of thioether (sulfide) groups is 1. The summed E-state index contributed by atoms with van der Waals surface area (Å²) < 4.78 is 0. The van der Waals surface area contributed by atoms with Crippen LogP contribution < -0.4 is 10.2 Å². The molecule has 2 rings (SSSR count). The smallest absolute Gasteiger partial charge is 0.0507 e. The van der Waals surface area contributed by atoms with Crippen molar-refractivity contribution in [2.24, 2.45) is 0 Å². The van der Waals surface area contributed by atoms with E-state index in [9.17, 15) is 0 Å². The monoisotopic (exact) mass is 250 g/mol. The highest BCUT2D eigenvalue weighted by Crippen LogP contribution is 2.38. The Balaban J connectivity index is 2.06. The molecule has 0 amide bonds. The molecule has 0 aliphatic carbocycles. The lowest BCUT2D eigenvalue weighted by Crippen LogP contribution is -2.37. The Kier molecular flexibility index (Phi) is 4.35. The molecule has 0 spiro atoms. The minimum atomic E-state index is 0.683. The molecule has 1 unspecified atom stereocenters. The summed E-state index contributed by atoms with van der Waals surface area (Å²) in [5.74, 6) is 1.22. The fourth-order valence-electron chi connectivity index (χ4n) is 2.31. The lowest BCUT2D eigenvalue weighted by molar-refractivity contribution is 0.577. The lowest BCUT2D eigenvalue weighted by atomic mass is 10.1. The Morgan fingerprint density at radius 1 is 1.47 bits per heavy atom. The predicted octanol–water partition coefficient (Wildman–Crippen LogP) is 2.91. The van der Waals surface area contributed by atoms with E-state index in [2.05, 4.69) is 42.4 Å². The van der Waals surface area contributed by atoms with Crippen molar-refractivity contribution in [2.75, 3.05) is 31.3 Å². The average Bonchev–Trinajstić information content (AvgIpc) is 2.33. The Morgan fingerprint density at radius 3 is 3.06 bits per heavy atom. The van der Waals surface area contributed by atoms with Crippen LogP contribution in [0.25, 0.3) is 0 Å². The number of benzene rings is 1. The van der Waals surface area contributed by atoms with Crippen LogP contribution in [0, 0.1) is 6.92 Å². The van der Waals surface area contributed by atoms with Gasteiger partial charge >= 0.3 is 0 Å². The van der Waals surface area contributed by atoms with Crippen LogP contribution >= 0.6 is 11.8 Å². The molecule has 1 aliphatic heterocycles. The zero-order valence-corrected chi connectivity index (χ0v) is 11.8. The van der Waals surface area contributed by atoms with E-state index in [1.807, 2.05) is 18.8 Å². The fourth-order valence-corrected chi connectivity index (χ4v) is 3.59. The molecule has 94 valence electrons. The number of nitrogens with one attached hydrogen (secondary N) is 1. The Bertz CT molecular complexity index is 378. The molecule has 17 heavy (non-hydrogen) atoms. The number of nitrogens with zero attached hydrogens (tertiary/aromatic N) is 1. The van der Waals surface area contributed by atoms with E-state index in [4.69, 9.17) is 0 Å². The standard InChI is InChI=1S/C14H22N2S/c1-11-6-7-14-13(9-11)16(3)12(10-17-14)5-4-8-15-2/h6-7,9,12,15H,4-5,8,10H2,1-3H3. The third kappa shape index (κ3) is 2.96. The second-order valence-electron chi connectivity index (χ2n) is 4.79. The molecule has 1 heterocycles. The summed E-state index contributed by atoms with van der Waals surface area (Å²) in [4.78, 5) is 3.90. The molecular formula is C14H22N2S. The Labute approximate surface area is 109 Å². The van der Waals surface area contributed by atoms with Crippen LogP contribution in [0.3, 0.4) is 0 Å². The van der Waals surface area contributed by atoms with Gasteiger partial charge in [0.1, 0.15) is 0 Å². The van der Waals surface area contributed by atoms with Crippen LogP contribution in [0.2, 0.25) is 0 Å². The second kappa shape index (κ2) is 5.78. The predicted molar refractivity (Wildman–Crippen MR) is 77.3 cm³/mol. The number of hydrogen-bond donors (Lipinski definition) is 1. The molecule has 0 aromatic heterocycles. The molecule has 0 saturated heterocycles. The van der Waals surface area contributed by atoms with Gasteiger partial charge in [0.15, 0.2) is 0 Å². The number of anilines is 1. The van der Waals surface area contributed by atoms with Gasteiger partial charge < -0.3 is 10.2 Å². The third-order valence-electron chi connectivity index (χ3n) is 3.44. The SMILES string of the molecule is CNCCCC1CSc2ccc(C)cc2N1C. The van der Waals surface area contributed by atoms with Gasteiger partial charge in [-0.05, 0) is 51.1 Å². The largest absolute Gasteiger partial charge is 0.370 e. The zero-order valence-electron chi connectivity index (χ0n) is 11.0. The maximum atomic E-state index is 3.23. The van der Waals surface area contributed by atoms with Gasteiger partial charge in [0.25, 0.3) is 0 Å². The van der Waals surface area contributed by atoms with Gasteiger partial charge in [0, 0.05) is 23.7 Å². The zero-order chi connectivity index (χ0) is 12.3. The van der Waals surface area contributed by atoms with Crippen LogP contribution in [0.15, 0.2) is 23.1 Å². The van der Waals surface area contributed by atoms with Crippen molar-refractivity contribution >= 4 is 17.4 Å². The highest BCUT2D eigenvalue weighted by atomic mass is 32.2. The second-order valence-corrected chi connectivity index (χ2v) is 5.85. The van der Waals surface area contributed by atoms with E-state index in [1.54, 1.807) is 0 Å². The molecule has 1 atom stereocenters. The number of rotatable bonds is 4. The molecule has 0 bridgehead atoms. The van der Waals surface area contributed by atoms with E-state index >= 15 is 0 Å². The molecule has 0 fully saturated rings. The normalized spacial score (nSPS) is 19.2. The number of hydrogen-bond acceptors (Lipinski definition) is 3. The van der Waals surface area contributed by atoms with Crippen molar-refractivity contribution in [1.29, 1.82) is 0 Å². The summed E-state index contributed by atoms with van der Waals surface area (Å²) in [6.07, 6.45) is 2.53. The number of aryl methyl sites for hydroxylation is 1. The maximum Gasteiger partial charge on any atom is 0.0507 e. The maximum absolute atomic E-state index is 3.23. The van der Waals surface area contributed by atoms with Crippen molar-refractivity contribution in [2.45, 2.75) is 30.7 Å². The van der Waals surface area contributed by atoms with Crippen molar-refractivity contribution in [3.8, 4) is 0 Å². The van der Waals surface area contributed by atoms with Crippen molar-refractivity contribution in [3.63, 3.8) is 0 Å². The minimum Gasteiger partial charge on any atom is -0.370 e. The average molecular weight is 250 g/mol. The first-order chi connectivity index (χ1) is 8.22. The molecule has 2 nitrogen and oxygen atoms in total. The van der Waals surface area contributed by atoms with E-state index < -0.39 is 0 Å². The van der Waals surface area contributed by atoms with Gasteiger partial charge in [-0.25, -0.2) is 0 Å². The van der Waals surface area contributed by atoms with E-state index in [0.29, 0.717) is 6.04 Å². The summed E-state index contributed by atoms with van der Waals surface area (Å²) in [6.45, 7) is 3.29. The van der Waals surface area contributed by atoms with Crippen LogP contribution in [-0.2, 0) is 0 Å². The quantitative estimate of drug-likeness (QED) is 0.827. The summed E-state index contributed by atoms with van der Waals surface area (Å²) in [7, 11) is 4.26. The van der Waals surface area contributed by atoms with E-state index in [0.717, 1.165) is 6.54 Å². The van der Waals surface area contributed by atoms with Gasteiger partial charge in [-0.15, -0.1) is 11.8 Å². The first-order valence-corrected chi connectivity index (χ1v) is 7.32. The molecule has 1 aliphatic rings. The van der Waals surface area contributed by atoms with Crippen LogP contribution in [-0.4, -0.2) is 32.4 Å². The van der Waals surface area contributed by atoms with E-state index in [1.165, 1.54) is 34.7 Å². The van der Waals surface area contributed by atoms with Crippen molar-refractivity contribution in [1.82, 2.24) is 5.32 Å². The molecule has 3 heteroatoms. The highest BCUT2D eigenvalue weighted by Gasteiger charge is 2.23. The summed E-state index contributed by atoms with van der Waals surface area (Å²) in [5.41, 5.74) is 2.77. The first-order valence-electron chi connectivity index (χ1n) is 6.33. The van der Waals surface area contributed by atoms with E-state index in [-0.39, 0.29) is 0 Å². The molecular weight excluding hydrogens is 228 g/mol. The Morgan fingerprint density at radius 2 is 2.29 bits per heavy atom. The fraction of sp³-hybridized carbons (Fsp3) is 0.571. The minimum absolute atomic E-state index is 0.683. The van der Waals surface area contributed by atoms with Gasteiger partial charge in [0.2, 0.25) is 0 Å². The summed E-state index contributed by atoms with van der Waals surface area (Å²) in [6, 6.07) is 7.46. The lowest BCUT2D eigenvalue weighted by Gasteiger charge is -2.36. The van der Waals surface area contributed by atoms with Gasteiger partial charge in [-0.3, -0.25) is 0 Å². The Hall–Kier alpha value is -0.670. The highest BCUT2D eigenvalue weighted by molar-refractivity contribution is 7.99. The topological polar surface area (TPSA) is 15.3 Å². The van der Waals surface area contributed by atoms with Gasteiger partial charge in [-0.1, -0.05) is 6.07 Å². The molecule has 1 aromatic carbocycles. The van der Waals surface area contributed by atoms with Crippen molar-refractivity contribution < 1.29 is 0 Å². The number of fused-ring (bicyclic) bond motifs is 1. The van der Waals surface area contributed by atoms with Gasteiger partial charge in [0.05, 0.1) is 5.69 Å². The van der Waals surface area contributed by atoms with Gasteiger partial charge in [-0.2, -0.15) is 0 Å². The molecule has 1 aromatic rings. The van der Waals surface area contributed by atoms with Crippen LogP contribution in [0.1, 0.15) is 18.4 Å². The van der Waals surface area contributed by atoms with Crippen LogP contribution in [0.5, 0.6) is 0 Å². The molecule has 0 radical (unpaired) electrons. The third-order valence-corrected chi connectivity index (χ3v) is 4.65. The summed E-state index contributed by atoms with van der Waals surface area (Å²) in [5, 5.41) is 3.23. The van der Waals surface area contributed by atoms with Crippen LogP contribution in [0.4, 0.5) is 5.69 Å². The molecule has 0 saturated carbocycles.